The van der Waals surface area contributed by atoms with Crippen LogP contribution in [0.1, 0.15) is 47.5 Å². The molecule has 0 aromatic heterocycles. The number of halogens is 2. The fourth-order valence-electron chi connectivity index (χ4n) is 2.69. The molecule has 0 amide bonds. The molecule has 0 aliphatic carbocycles. The minimum absolute atomic E-state index is 0.0190. The lowest BCUT2D eigenvalue weighted by Gasteiger charge is -2.39. The summed E-state index contributed by atoms with van der Waals surface area (Å²) >= 11 is 0. The molecule has 4 heteroatoms. The quantitative estimate of drug-likeness (QED) is 0.823. The van der Waals surface area contributed by atoms with Gasteiger partial charge in [0.05, 0.1) is 6.04 Å². The van der Waals surface area contributed by atoms with Crippen molar-refractivity contribution in [3.63, 3.8) is 0 Å². The van der Waals surface area contributed by atoms with Crippen LogP contribution in [-0.4, -0.2) is 41.5 Å². The molecule has 1 heterocycles. The van der Waals surface area contributed by atoms with Gasteiger partial charge in [-0.1, -0.05) is 0 Å². The summed E-state index contributed by atoms with van der Waals surface area (Å²) in [5, 5.41) is 2.92. The average Bonchev–Trinajstić information content (AvgIpc) is 2.43. The lowest BCUT2D eigenvalue weighted by Crippen LogP contribution is -2.48. The second-order valence-electron chi connectivity index (χ2n) is 6.26. The van der Waals surface area contributed by atoms with E-state index >= 15 is 0 Å². The first-order chi connectivity index (χ1) is 7.64. The molecule has 17 heavy (non-hydrogen) atoms. The predicted molar refractivity (Wildman–Crippen MR) is 67.6 cm³/mol. The topological polar surface area (TPSA) is 15.3 Å². The molecule has 0 spiro atoms. The Balaban J connectivity index is 2.53. The van der Waals surface area contributed by atoms with Crippen molar-refractivity contribution in [1.82, 2.24) is 10.2 Å². The van der Waals surface area contributed by atoms with Gasteiger partial charge in [0.1, 0.15) is 0 Å². The molecule has 1 aliphatic rings. The zero-order valence-electron chi connectivity index (χ0n) is 11.7. The first-order valence-corrected chi connectivity index (χ1v) is 6.52. The maximum absolute atomic E-state index is 13.5. The first-order valence-electron chi connectivity index (χ1n) is 6.52. The van der Waals surface area contributed by atoms with E-state index in [0.29, 0.717) is 25.6 Å². The van der Waals surface area contributed by atoms with E-state index in [-0.39, 0.29) is 12.0 Å². The minimum Gasteiger partial charge on any atom is -0.308 e. The van der Waals surface area contributed by atoms with Gasteiger partial charge in [-0.25, -0.2) is 8.78 Å². The number of hydrogen-bond donors (Lipinski definition) is 1. The second kappa shape index (κ2) is 5.19. The molecule has 0 radical (unpaired) electrons. The molecule has 0 aromatic rings. The standard InChI is InChI=1S/C13H26F2N2/c1-10(2)17(12(3,4)5)9-6-11-13(14,15)7-8-16-11/h10-11,16H,6-9H2,1-5H3. The van der Waals surface area contributed by atoms with Crippen LogP contribution in [0.5, 0.6) is 0 Å². The molecule has 1 rings (SSSR count). The summed E-state index contributed by atoms with van der Waals surface area (Å²) in [6.07, 6.45) is 0.497. The molecule has 2 nitrogen and oxygen atoms in total. The Hall–Kier alpha value is -0.220. The smallest absolute Gasteiger partial charge is 0.264 e. The predicted octanol–water partition coefficient (Wildman–Crippen LogP) is 2.88. The Labute approximate surface area is 104 Å². The van der Waals surface area contributed by atoms with Crippen molar-refractivity contribution in [2.75, 3.05) is 13.1 Å². The van der Waals surface area contributed by atoms with Crippen LogP contribution in [0.3, 0.4) is 0 Å². The van der Waals surface area contributed by atoms with Crippen LogP contribution in [0, 0.1) is 0 Å². The third kappa shape index (κ3) is 3.88. The van der Waals surface area contributed by atoms with Crippen molar-refractivity contribution < 1.29 is 8.78 Å². The van der Waals surface area contributed by atoms with E-state index in [2.05, 4.69) is 44.8 Å². The zero-order valence-corrected chi connectivity index (χ0v) is 11.7. The summed E-state index contributed by atoms with van der Waals surface area (Å²) in [6, 6.07) is -0.267. The number of nitrogens with one attached hydrogen (secondary N) is 1. The normalized spacial score (nSPS) is 24.9. The van der Waals surface area contributed by atoms with Crippen LogP contribution in [0.2, 0.25) is 0 Å². The van der Waals surface area contributed by atoms with Gasteiger partial charge in [0.2, 0.25) is 0 Å². The summed E-state index contributed by atoms with van der Waals surface area (Å²) in [5.41, 5.74) is 0.0298. The van der Waals surface area contributed by atoms with Gasteiger partial charge in [-0.05, 0) is 41.0 Å². The van der Waals surface area contributed by atoms with Gasteiger partial charge in [0, 0.05) is 31.1 Å². The van der Waals surface area contributed by atoms with Gasteiger partial charge in [-0.15, -0.1) is 0 Å². The highest BCUT2D eigenvalue weighted by atomic mass is 19.3. The highest BCUT2D eigenvalue weighted by Gasteiger charge is 2.43. The third-order valence-electron chi connectivity index (χ3n) is 3.50. The van der Waals surface area contributed by atoms with Crippen LogP contribution < -0.4 is 5.32 Å². The van der Waals surface area contributed by atoms with Crippen molar-refractivity contribution in [3.05, 3.63) is 0 Å². The van der Waals surface area contributed by atoms with Gasteiger partial charge in [0.25, 0.3) is 5.92 Å². The number of hydrogen-bond acceptors (Lipinski definition) is 2. The van der Waals surface area contributed by atoms with Crippen LogP contribution >= 0.6 is 0 Å². The molecule has 1 atom stereocenters. The molecular formula is C13H26F2N2. The Morgan fingerprint density at radius 3 is 2.29 bits per heavy atom. The van der Waals surface area contributed by atoms with E-state index in [1.807, 2.05) is 0 Å². The molecule has 1 N–H and O–H groups in total. The van der Waals surface area contributed by atoms with E-state index in [0.717, 1.165) is 0 Å². The summed E-state index contributed by atoms with van der Waals surface area (Å²) in [4.78, 5) is 2.28. The molecule has 1 aliphatic heterocycles. The Morgan fingerprint density at radius 1 is 1.35 bits per heavy atom. The maximum Gasteiger partial charge on any atom is 0.264 e. The SMILES string of the molecule is CC(C)N(CCC1NCCC1(F)F)C(C)(C)C. The van der Waals surface area contributed by atoms with Crippen molar-refractivity contribution in [2.45, 2.75) is 71.0 Å². The number of rotatable bonds is 4. The minimum atomic E-state index is -2.53. The van der Waals surface area contributed by atoms with E-state index in [4.69, 9.17) is 0 Å². The van der Waals surface area contributed by atoms with Gasteiger partial charge in [-0.2, -0.15) is 0 Å². The number of nitrogens with zero attached hydrogens (tertiary/aromatic N) is 1. The average molecular weight is 248 g/mol. The molecule has 0 bridgehead atoms. The van der Waals surface area contributed by atoms with E-state index in [9.17, 15) is 8.78 Å². The van der Waals surface area contributed by atoms with Gasteiger partial charge >= 0.3 is 0 Å². The molecule has 102 valence electrons. The van der Waals surface area contributed by atoms with Gasteiger partial charge in [0.15, 0.2) is 0 Å². The molecule has 1 fully saturated rings. The molecule has 0 saturated carbocycles. The highest BCUT2D eigenvalue weighted by Crippen LogP contribution is 2.30. The molecule has 1 unspecified atom stereocenters. The van der Waals surface area contributed by atoms with Crippen LogP contribution in [-0.2, 0) is 0 Å². The summed E-state index contributed by atoms with van der Waals surface area (Å²) in [6.45, 7) is 11.8. The zero-order chi connectivity index (χ0) is 13.3. The summed E-state index contributed by atoms with van der Waals surface area (Å²) < 4.78 is 27.0. The van der Waals surface area contributed by atoms with Crippen LogP contribution in [0.4, 0.5) is 8.78 Å². The number of alkyl halides is 2. The molecular weight excluding hydrogens is 222 g/mol. The Bertz CT molecular complexity index is 246. The second-order valence-corrected chi connectivity index (χ2v) is 6.26. The summed E-state index contributed by atoms with van der Waals surface area (Å²) in [7, 11) is 0. The Morgan fingerprint density at radius 2 is 1.94 bits per heavy atom. The largest absolute Gasteiger partial charge is 0.308 e. The van der Waals surface area contributed by atoms with E-state index < -0.39 is 12.0 Å². The van der Waals surface area contributed by atoms with Crippen LogP contribution in [0.25, 0.3) is 0 Å². The monoisotopic (exact) mass is 248 g/mol. The van der Waals surface area contributed by atoms with Crippen molar-refractivity contribution in [2.24, 2.45) is 0 Å². The van der Waals surface area contributed by atoms with E-state index in [1.54, 1.807) is 0 Å². The third-order valence-corrected chi connectivity index (χ3v) is 3.50. The van der Waals surface area contributed by atoms with Crippen LogP contribution in [0.15, 0.2) is 0 Å². The van der Waals surface area contributed by atoms with E-state index in [1.165, 1.54) is 0 Å². The van der Waals surface area contributed by atoms with Gasteiger partial charge in [-0.3, -0.25) is 4.90 Å². The fourth-order valence-corrected chi connectivity index (χ4v) is 2.69. The molecule has 1 saturated heterocycles. The molecule has 0 aromatic carbocycles. The fraction of sp³-hybridized carbons (Fsp3) is 1.00. The lowest BCUT2D eigenvalue weighted by atomic mass is 10.0. The maximum atomic E-state index is 13.5. The van der Waals surface area contributed by atoms with Crippen molar-refractivity contribution in [1.29, 1.82) is 0 Å². The Kier molecular flexibility index (Phi) is 4.53. The summed E-state index contributed by atoms with van der Waals surface area (Å²) in [5.74, 6) is -2.53. The lowest BCUT2D eigenvalue weighted by molar-refractivity contribution is -0.0200. The highest BCUT2D eigenvalue weighted by molar-refractivity contribution is 4.92. The van der Waals surface area contributed by atoms with Crippen molar-refractivity contribution in [3.8, 4) is 0 Å². The van der Waals surface area contributed by atoms with Crippen molar-refractivity contribution >= 4 is 0 Å². The van der Waals surface area contributed by atoms with Gasteiger partial charge < -0.3 is 5.32 Å². The first kappa shape index (κ1) is 14.8.